The number of Topliss-reactive ketones (excluding diaryl/α,β-unsaturated/α-hetero) is 1. The van der Waals surface area contributed by atoms with Crippen LogP contribution in [-0.4, -0.2) is 20.5 Å². The van der Waals surface area contributed by atoms with Crippen LogP contribution in [0.15, 0.2) is 24.5 Å². The molecule has 0 amide bonds. The van der Waals surface area contributed by atoms with Crippen molar-refractivity contribution in [1.29, 1.82) is 0 Å². The maximum absolute atomic E-state index is 12.3. The second-order valence-electron chi connectivity index (χ2n) is 4.98. The van der Waals surface area contributed by atoms with Crippen LogP contribution in [0.2, 0.25) is 10.0 Å². The van der Waals surface area contributed by atoms with Gasteiger partial charge in [0.15, 0.2) is 5.78 Å². The number of hydrogen-bond donors (Lipinski definition) is 0. The highest BCUT2D eigenvalue weighted by molar-refractivity contribution is 6.36. The van der Waals surface area contributed by atoms with Gasteiger partial charge in [0, 0.05) is 17.1 Å². The zero-order valence-electron chi connectivity index (χ0n) is 11.3. The molecule has 2 aromatic rings. The molecule has 0 radical (unpaired) electrons. The van der Waals surface area contributed by atoms with Gasteiger partial charge in [-0.3, -0.25) is 4.79 Å². The zero-order chi connectivity index (χ0) is 14.7. The number of carbonyl (C=O) groups excluding carboxylic acids is 1. The van der Waals surface area contributed by atoms with Crippen LogP contribution in [0.3, 0.4) is 0 Å². The summed E-state index contributed by atoms with van der Waals surface area (Å²) in [5.74, 6) is 0.990. The van der Waals surface area contributed by atoms with Gasteiger partial charge in [0.2, 0.25) is 0 Å². The number of halogens is 2. The lowest BCUT2D eigenvalue weighted by Crippen LogP contribution is -2.14. The molecule has 106 valence electrons. The number of aromatic nitrogens is 3. The van der Waals surface area contributed by atoms with Crippen molar-refractivity contribution in [2.45, 2.75) is 26.8 Å². The van der Waals surface area contributed by atoms with Crippen molar-refractivity contribution in [3.05, 3.63) is 46.0 Å². The molecule has 0 aliphatic rings. The van der Waals surface area contributed by atoms with Crippen molar-refractivity contribution in [2.75, 3.05) is 0 Å². The molecule has 1 aromatic carbocycles. The standard InChI is InChI=1S/C14H15Cl2N3O/c1-9(2)7-19-14(17-8-18-19)6-13(20)11-4-3-10(15)5-12(11)16/h3-5,8-9H,6-7H2,1-2H3. The van der Waals surface area contributed by atoms with Crippen molar-refractivity contribution in [1.82, 2.24) is 14.8 Å². The van der Waals surface area contributed by atoms with Gasteiger partial charge in [0.1, 0.15) is 12.2 Å². The van der Waals surface area contributed by atoms with Crippen LogP contribution in [0.5, 0.6) is 0 Å². The SMILES string of the molecule is CC(C)Cn1ncnc1CC(=O)c1ccc(Cl)cc1Cl. The summed E-state index contributed by atoms with van der Waals surface area (Å²) >= 11 is 11.9. The lowest BCUT2D eigenvalue weighted by Gasteiger charge is -2.08. The third kappa shape index (κ3) is 3.58. The monoisotopic (exact) mass is 311 g/mol. The molecule has 0 saturated heterocycles. The predicted octanol–water partition coefficient (Wildman–Crippen LogP) is 3.67. The summed E-state index contributed by atoms with van der Waals surface area (Å²) in [5, 5.41) is 5.01. The average Bonchev–Trinajstić information content (AvgIpc) is 2.75. The smallest absolute Gasteiger partial charge is 0.171 e. The van der Waals surface area contributed by atoms with Gasteiger partial charge < -0.3 is 0 Å². The van der Waals surface area contributed by atoms with Gasteiger partial charge in [-0.25, -0.2) is 9.67 Å². The summed E-state index contributed by atoms with van der Waals surface area (Å²) < 4.78 is 1.76. The molecule has 2 rings (SSSR count). The fourth-order valence-electron chi connectivity index (χ4n) is 1.88. The summed E-state index contributed by atoms with van der Waals surface area (Å²) in [7, 11) is 0. The largest absolute Gasteiger partial charge is 0.294 e. The molecular weight excluding hydrogens is 297 g/mol. The minimum Gasteiger partial charge on any atom is -0.294 e. The molecule has 0 saturated carbocycles. The zero-order valence-corrected chi connectivity index (χ0v) is 12.8. The van der Waals surface area contributed by atoms with Gasteiger partial charge in [0.05, 0.1) is 11.4 Å². The van der Waals surface area contributed by atoms with E-state index >= 15 is 0 Å². The molecule has 0 aliphatic heterocycles. The van der Waals surface area contributed by atoms with Gasteiger partial charge >= 0.3 is 0 Å². The summed E-state index contributed by atoms with van der Waals surface area (Å²) in [6.07, 6.45) is 1.64. The van der Waals surface area contributed by atoms with E-state index in [0.717, 1.165) is 6.54 Å². The van der Waals surface area contributed by atoms with Crippen molar-refractivity contribution in [2.24, 2.45) is 5.92 Å². The molecule has 1 heterocycles. The number of rotatable bonds is 5. The number of ketones is 1. The third-order valence-electron chi connectivity index (χ3n) is 2.78. The molecule has 0 fully saturated rings. The molecule has 0 atom stereocenters. The van der Waals surface area contributed by atoms with Gasteiger partial charge in [-0.15, -0.1) is 0 Å². The molecule has 1 aromatic heterocycles. The van der Waals surface area contributed by atoms with Gasteiger partial charge in [0.25, 0.3) is 0 Å². The van der Waals surface area contributed by atoms with Crippen LogP contribution in [0, 0.1) is 5.92 Å². The minimum absolute atomic E-state index is 0.0929. The maximum atomic E-state index is 12.3. The van der Waals surface area contributed by atoms with Gasteiger partial charge in [-0.05, 0) is 24.1 Å². The lowest BCUT2D eigenvalue weighted by molar-refractivity contribution is 0.0989. The quantitative estimate of drug-likeness (QED) is 0.792. The lowest BCUT2D eigenvalue weighted by atomic mass is 10.1. The van der Waals surface area contributed by atoms with E-state index in [0.29, 0.717) is 27.4 Å². The Labute approximate surface area is 127 Å². The fraction of sp³-hybridized carbons (Fsp3) is 0.357. The van der Waals surface area contributed by atoms with Crippen LogP contribution in [0.4, 0.5) is 0 Å². The Kier molecular flexibility index (Phi) is 4.78. The minimum atomic E-state index is -0.0929. The summed E-state index contributed by atoms with van der Waals surface area (Å²) in [6.45, 7) is 4.91. The number of benzene rings is 1. The molecule has 20 heavy (non-hydrogen) atoms. The molecule has 0 spiro atoms. The summed E-state index contributed by atoms with van der Waals surface area (Å²) in [4.78, 5) is 16.4. The van der Waals surface area contributed by atoms with E-state index in [1.165, 1.54) is 6.33 Å². The summed E-state index contributed by atoms with van der Waals surface area (Å²) in [6, 6.07) is 4.85. The topological polar surface area (TPSA) is 47.8 Å². The van der Waals surface area contributed by atoms with Crippen LogP contribution >= 0.6 is 23.2 Å². The normalized spacial score (nSPS) is 11.1. The van der Waals surface area contributed by atoms with E-state index in [9.17, 15) is 4.79 Å². The first kappa shape index (κ1) is 15.0. The molecule has 0 aliphatic carbocycles. The first-order valence-electron chi connectivity index (χ1n) is 6.32. The number of carbonyl (C=O) groups is 1. The Bertz CT molecular complexity index is 623. The maximum Gasteiger partial charge on any atom is 0.171 e. The van der Waals surface area contributed by atoms with Crippen molar-refractivity contribution in [3.8, 4) is 0 Å². The van der Waals surface area contributed by atoms with Crippen LogP contribution in [0.25, 0.3) is 0 Å². The highest BCUT2D eigenvalue weighted by atomic mass is 35.5. The van der Waals surface area contributed by atoms with E-state index in [4.69, 9.17) is 23.2 Å². The van der Waals surface area contributed by atoms with Crippen molar-refractivity contribution < 1.29 is 4.79 Å². The van der Waals surface area contributed by atoms with E-state index < -0.39 is 0 Å². The first-order valence-corrected chi connectivity index (χ1v) is 7.08. The average molecular weight is 312 g/mol. The Balaban J connectivity index is 2.17. The second-order valence-corrected chi connectivity index (χ2v) is 5.82. The number of hydrogen-bond acceptors (Lipinski definition) is 3. The van der Waals surface area contributed by atoms with Crippen LogP contribution in [-0.2, 0) is 13.0 Å². The van der Waals surface area contributed by atoms with Crippen molar-refractivity contribution in [3.63, 3.8) is 0 Å². The van der Waals surface area contributed by atoms with Gasteiger partial charge in [-0.2, -0.15) is 5.10 Å². The first-order chi connectivity index (χ1) is 9.47. The fourth-order valence-corrected chi connectivity index (χ4v) is 2.39. The predicted molar refractivity (Wildman–Crippen MR) is 79.4 cm³/mol. The van der Waals surface area contributed by atoms with E-state index in [-0.39, 0.29) is 12.2 Å². The molecule has 0 N–H and O–H groups in total. The van der Waals surface area contributed by atoms with E-state index in [1.54, 1.807) is 22.9 Å². The van der Waals surface area contributed by atoms with Crippen molar-refractivity contribution >= 4 is 29.0 Å². The van der Waals surface area contributed by atoms with E-state index in [1.807, 2.05) is 0 Å². The van der Waals surface area contributed by atoms with E-state index in [2.05, 4.69) is 23.9 Å². The molecule has 4 nitrogen and oxygen atoms in total. The van der Waals surface area contributed by atoms with Crippen LogP contribution < -0.4 is 0 Å². The molecule has 0 unspecified atom stereocenters. The Hall–Kier alpha value is -1.39. The number of nitrogens with zero attached hydrogens (tertiary/aromatic N) is 3. The third-order valence-corrected chi connectivity index (χ3v) is 3.33. The molecular formula is C14H15Cl2N3O. The van der Waals surface area contributed by atoms with Gasteiger partial charge in [-0.1, -0.05) is 37.0 Å². The Morgan fingerprint density at radius 1 is 1.35 bits per heavy atom. The van der Waals surface area contributed by atoms with Crippen LogP contribution in [0.1, 0.15) is 30.0 Å². The second kappa shape index (κ2) is 6.37. The highest BCUT2D eigenvalue weighted by Gasteiger charge is 2.15. The highest BCUT2D eigenvalue weighted by Crippen LogP contribution is 2.22. The molecule has 0 bridgehead atoms. The molecule has 6 heteroatoms. The Morgan fingerprint density at radius 2 is 2.10 bits per heavy atom. The summed E-state index contributed by atoms with van der Waals surface area (Å²) in [5.41, 5.74) is 0.454. The Morgan fingerprint density at radius 3 is 2.75 bits per heavy atom.